The van der Waals surface area contributed by atoms with Crippen LogP contribution in [0.1, 0.15) is 46.1 Å². The number of hydrogen-bond donors (Lipinski definition) is 0. The molecular formula is C24H25N3O2. The zero-order valence-electron chi connectivity index (χ0n) is 16.6. The molecule has 1 fully saturated rings. The Morgan fingerprint density at radius 3 is 2.79 bits per heavy atom. The van der Waals surface area contributed by atoms with Crippen molar-refractivity contribution in [3.05, 3.63) is 89.5 Å². The maximum Gasteiger partial charge on any atom is 0.253 e. The highest BCUT2D eigenvalue weighted by atomic mass is 16.5. The van der Waals surface area contributed by atoms with Crippen LogP contribution in [0.15, 0.2) is 67.0 Å². The van der Waals surface area contributed by atoms with Crippen molar-refractivity contribution in [2.75, 3.05) is 20.2 Å². The lowest BCUT2D eigenvalue weighted by atomic mass is 9.93. The van der Waals surface area contributed by atoms with E-state index >= 15 is 0 Å². The number of carbonyl (C=O) groups excluding carboxylic acids is 1. The van der Waals surface area contributed by atoms with Gasteiger partial charge in [0, 0.05) is 54.8 Å². The highest BCUT2D eigenvalue weighted by molar-refractivity contribution is 5.94. The lowest BCUT2D eigenvalue weighted by molar-refractivity contribution is 0.0705. The Labute approximate surface area is 171 Å². The molecule has 1 aliphatic rings. The number of benzene rings is 1. The predicted octanol–water partition coefficient (Wildman–Crippen LogP) is 4.10. The summed E-state index contributed by atoms with van der Waals surface area (Å²) in [5.41, 5.74) is 3.97. The van der Waals surface area contributed by atoms with Gasteiger partial charge < -0.3 is 9.64 Å². The first-order valence-corrected chi connectivity index (χ1v) is 10.0. The molecule has 0 aliphatic carbocycles. The number of nitrogens with zero attached hydrogens (tertiary/aromatic N) is 3. The molecule has 0 N–H and O–H groups in total. The minimum atomic E-state index is 0.0737. The van der Waals surface area contributed by atoms with Gasteiger partial charge in [0.15, 0.2) is 0 Å². The first-order valence-electron chi connectivity index (χ1n) is 10.0. The van der Waals surface area contributed by atoms with Crippen molar-refractivity contribution in [1.82, 2.24) is 14.9 Å². The SMILES string of the molecule is COc1cccc(Cc2cccc([C@@H]3CCCN(C(=O)c4ccncc4)C3)n2)c1. The van der Waals surface area contributed by atoms with Crippen LogP contribution in [0.25, 0.3) is 0 Å². The van der Waals surface area contributed by atoms with E-state index < -0.39 is 0 Å². The van der Waals surface area contributed by atoms with E-state index in [1.165, 1.54) is 5.56 Å². The summed E-state index contributed by atoms with van der Waals surface area (Å²) in [6, 6.07) is 17.9. The van der Waals surface area contributed by atoms with E-state index in [-0.39, 0.29) is 11.8 Å². The third kappa shape index (κ3) is 4.62. The molecular weight excluding hydrogens is 362 g/mol. The van der Waals surface area contributed by atoms with Crippen molar-refractivity contribution in [3.8, 4) is 5.75 Å². The average molecular weight is 387 g/mol. The summed E-state index contributed by atoms with van der Waals surface area (Å²) >= 11 is 0. The Hall–Kier alpha value is -3.21. The van der Waals surface area contributed by atoms with Gasteiger partial charge in [-0.2, -0.15) is 0 Å². The zero-order valence-corrected chi connectivity index (χ0v) is 16.6. The first-order chi connectivity index (χ1) is 14.2. The molecule has 148 valence electrons. The Morgan fingerprint density at radius 2 is 1.97 bits per heavy atom. The number of methoxy groups -OCH3 is 1. The number of carbonyl (C=O) groups is 1. The van der Waals surface area contributed by atoms with E-state index in [0.717, 1.165) is 42.9 Å². The predicted molar refractivity (Wildman–Crippen MR) is 112 cm³/mol. The highest BCUT2D eigenvalue weighted by Gasteiger charge is 2.26. The second-order valence-electron chi connectivity index (χ2n) is 7.41. The average Bonchev–Trinajstić information content (AvgIpc) is 2.79. The number of likely N-dealkylation sites (tertiary alicyclic amines) is 1. The molecule has 1 amide bonds. The third-order valence-corrected chi connectivity index (χ3v) is 5.40. The van der Waals surface area contributed by atoms with Crippen molar-refractivity contribution >= 4 is 5.91 Å². The summed E-state index contributed by atoms with van der Waals surface area (Å²) < 4.78 is 5.32. The standard InChI is InChI=1S/C24H25N3O2/c1-29-22-8-2-5-18(16-22)15-21-7-3-9-23(26-21)20-6-4-14-27(17-20)24(28)19-10-12-25-13-11-19/h2-3,5,7-13,16,20H,4,6,14-15,17H2,1H3/t20-/m1/s1. The minimum absolute atomic E-state index is 0.0737. The quantitative estimate of drug-likeness (QED) is 0.662. The smallest absolute Gasteiger partial charge is 0.253 e. The fourth-order valence-electron chi connectivity index (χ4n) is 3.90. The Bertz CT molecular complexity index is 975. The van der Waals surface area contributed by atoms with Crippen LogP contribution in [-0.2, 0) is 6.42 Å². The molecule has 0 radical (unpaired) electrons. The van der Waals surface area contributed by atoms with E-state index in [1.54, 1.807) is 31.6 Å². The molecule has 3 aromatic rings. The van der Waals surface area contributed by atoms with Crippen LogP contribution < -0.4 is 4.74 Å². The van der Waals surface area contributed by atoms with Crippen LogP contribution in [-0.4, -0.2) is 41.0 Å². The first kappa shape index (κ1) is 19.1. The summed E-state index contributed by atoms with van der Waals surface area (Å²) in [5, 5.41) is 0. The minimum Gasteiger partial charge on any atom is -0.497 e. The number of pyridine rings is 2. The van der Waals surface area contributed by atoms with Gasteiger partial charge in [0.05, 0.1) is 7.11 Å². The third-order valence-electron chi connectivity index (χ3n) is 5.40. The lowest BCUT2D eigenvalue weighted by Crippen LogP contribution is -2.39. The molecule has 1 aromatic carbocycles. The molecule has 5 heteroatoms. The van der Waals surface area contributed by atoms with Crippen LogP contribution in [0.4, 0.5) is 0 Å². The monoisotopic (exact) mass is 387 g/mol. The lowest BCUT2D eigenvalue weighted by Gasteiger charge is -2.32. The summed E-state index contributed by atoms with van der Waals surface area (Å²) in [6.45, 7) is 1.50. The van der Waals surface area contributed by atoms with Crippen LogP contribution in [0.3, 0.4) is 0 Å². The van der Waals surface area contributed by atoms with Crippen LogP contribution in [0.5, 0.6) is 5.75 Å². The zero-order chi connectivity index (χ0) is 20.1. The molecule has 29 heavy (non-hydrogen) atoms. The molecule has 0 bridgehead atoms. The summed E-state index contributed by atoms with van der Waals surface area (Å²) in [4.78, 5) is 23.7. The van der Waals surface area contributed by atoms with Gasteiger partial charge >= 0.3 is 0 Å². The van der Waals surface area contributed by atoms with Gasteiger partial charge in [-0.1, -0.05) is 18.2 Å². The van der Waals surface area contributed by atoms with Crippen LogP contribution in [0.2, 0.25) is 0 Å². The molecule has 1 aliphatic heterocycles. The molecule has 3 heterocycles. The van der Waals surface area contributed by atoms with E-state index in [4.69, 9.17) is 9.72 Å². The second-order valence-corrected chi connectivity index (χ2v) is 7.41. The van der Waals surface area contributed by atoms with Crippen molar-refractivity contribution in [2.45, 2.75) is 25.2 Å². The number of hydrogen-bond acceptors (Lipinski definition) is 4. The molecule has 0 saturated carbocycles. The van der Waals surface area contributed by atoms with Gasteiger partial charge in [0.1, 0.15) is 5.75 Å². The summed E-state index contributed by atoms with van der Waals surface area (Å²) in [5.74, 6) is 1.20. The number of ether oxygens (including phenoxy) is 1. The molecule has 1 saturated heterocycles. The number of piperidine rings is 1. The van der Waals surface area contributed by atoms with E-state index in [0.29, 0.717) is 12.1 Å². The number of rotatable bonds is 5. The second kappa shape index (κ2) is 8.86. The molecule has 4 rings (SSSR count). The van der Waals surface area contributed by atoms with Crippen molar-refractivity contribution in [3.63, 3.8) is 0 Å². The normalized spacial score (nSPS) is 16.4. The Kier molecular flexibility index (Phi) is 5.84. The highest BCUT2D eigenvalue weighted by Crippen LogP contribution is 2.27. The number of aromatic nitrogens is 2. The fraction of sp³-hybridized carbons (Fsp3) is 0.292. The van der Waals surface area contributed by atoms with E-state index in [1.807, 2.05) is 23.1 Å². The van der Waals surface area contributed by atoms with Crippen LogP contribution >= 0.6 is 0 Å². The maximum absolute atomic E-state index is 12.8. The Balaban J connectivity index is 1.48. The van der Waals surface area contributed by atoms with Gasteiger partial charge in [-0.3, -0.25) is 14.8 Å². The van der Waals surface area contributed by atoms with Crippen molar-refractivity contribution in [1.29, 1.82) is 0 Å². The topological polar surface area (TPSA) is 55.3 Å². The van der Waals surface area contributed by atoms with Gasteiger partial charge in [0.2, 0.25) is 0 Å². The van der Waals surface area contributed by atoms with Gasteiger partial charge in [-0.05, 0) is 54.8 Å². The maximum atomic E-state index is 12.8. The molecule has 1 atom stereocenters. The molecule has 2 aromatic heterocycles. The Morgan fingerprint density at radius 1 is 1.14 bits per heavy atom. The summed E-state index contributed by atoms with van der Waals surface area (Å²) in [7, 11) is 1.68. The van der Waals surface area contributed by atoms with Crippen molar-refractivity contribution in [2.24, 2.45) is 0 Å². The molecule has 5 nitrogen and oxygen atoms in total. The van der Waals surface area contributed by atoms with Gasteiger partial charge in [-0.15, -0.1) is 0 Å². The van der Waals surface area contributed by atoms with Crippen LogP contribution in [0, 0.1) is 0 Å². The van der Waals surface area contributed by atoms with E-state index in [2.05, 4.69) is 29.2 Å². The molecule has 0 spiro atoms. The van der Waals surface area contributed by atoms with Crippen molar-refractivity contribution < 1.29 is 9.53 Å². The summed E-state index contributed by atoms with van der Waals surface area (Å²) in [6.07, 6.45) is 6.13. The molecule has 0 unspecified atom stereocenters. The van der Waals surface area contributed by atoms with Gasteiger partial charge in [0.25, 0.3) is 5.91 Å². The fourth-order valence-corrected chi connectivity index (χ4v) is 3.90. The largest absolute Gasteiger partial charge is 0.497 e. The number of amides is 1. The van der Waals surface area contributed by atoms with Gasteiger partial charge in [-0.25, -0.2) is 0 Å². The van der Waals surface area contributed by atoms with E-state index in [9.17, 15) is 4.79 Å².